The van der Waals surface area contributed by atoms with E-state index in [-0.39, 0.29) is 18.6 Å². The summed E-state index contributed by atoms with van der Waals surface area (Å²) in [5, 5.41) is 3.15. The molecular formula is C21H19N5O4. The summed E-state index contributed by atoms with van der Waals surface area (Å²) in [4.78, 5) is 56.1. The third-order valence-corrected chi connectivity index (χ3v) is 5.00. The number of carbonyl (C=O) groups is 1. The van der Waals surface area contributed by atoms with Crippen molar-refractivity contribution < 1.29 is 4.79 Å². The molecule has 0 aliphatic heterocycles. The van der Waals surface area contributed by atoms with Crippen molar-refractivity contribution in [2.24, 2.45) is 0 Å². The molecule has 2 aromatic carbocycles. The monoisotopic (exact) mass is 405 g/mol. The van der Waals surface area contributed by atoms with E-state index in [1.165, 1.54) is 15.5 Å². The van der Waals surface area contributed by atoms with E-state index in [0.29, 0.717) is 21.9 Å². The van der Waals surface area contributed by atoms with Crippen molar-refractivity contribution in [2.75, 3.05) is 6.54 Å². The first-order valence-electron chi connectivity index (χ1n) is 9.43. The molecule has 2 N–H and O–H groups in total. The molecule has 30 heavy (non-hydrogen) atoms. The number of H-pyrrole nitrogens is 1. The Labute approximate surface area is 169 Å². The third kappa shape index (κ3) is 3.41. The number of nitrogens with one attached hydrogen (secondary N) is 2. The molecule has 4 aromatic rings. The molecule has 0 saturated heterocycles. The minimum Gasteiger partial charge on any atom is -0.353 e. The van der Waals surface area contributed by atoms with E-state index in [4.69, 9.17) is 0 Å². The molecule has 4 rings (SSSR count). The van der Waals surface area contributed by atoms with Crippen molar-refractivity contribution in [3.8, 4) is 0 Å². The number of para-hydroxylation sites is 3. The van der Waals surface area contributed by atoms with Gasteiger partial charge in [-0.05, 0) is 31.2 Å². The molecule has 0 saturated carbocycles. The lowest BCUT2D eigenvalue weighted by Crippen LogP contribution is -2.41. The predicted molar refractivity (Wildman–Crippen MR) is 113 cm³/mol. The summed E-state index contributed by atoms with van der Waals surface area (Å²) in [6.07, 6.45) is 1.35. The van der Waals surface area contributed by atoms with Gasteiger partial charge in [-0.15, -0.1) is 0 Å². The van der Waals surface area contributed by atoms with Crippen LogP contribution in [0.1, 0.15) is 13.0 Å². The minimum atomic E-state index is -0.790. The van der Waals surface area contributed by atoms with Crippen LogP contribution in [-0.2, 0) is 11.3 Å². The number of hydrogen-bond acceptors (Lipinski definition) is 5. The van der Waals surface area contributed by atoms with Crippen molar-refractivity contribution in [3.63, 3.8) is 0 Å². The van der Waals surface area contributed by atoms with E-state index in [0.717, 1.165) is 0 Å². The highest BCUT2D eigenvalue weighted by molar-refractivity contribution is 5.81. The highest BCUT2D eigenvalue weighted by Gasteiger charge is 2.17. The fourth-order valence-corrected chi connectivity index (χ4v) is 3.37. The van der Waals surface area contributed by atoms with E-state index in [1.54, 1.807) is 55.5 Å². The van der Waals surface area contributed by atoms with Crippen LogP contribution >= 0.6 is 0 Å². The molecule has 0 unspecified atom stereocenters. The number of hydrogen-bond donors (Lipinski definition) is 2. The zero-order valence-corrected chi connectivity index (χ0v) is 16.2. The topological polar surface area (TPSA) is 119 Å². The largest absolute Gasteiger partial charge is 0.353 e. The molecule has 152 valence electrons. The lowest BCUT2D eigenvalue weighted by Gasteiger charge is -2.16. The molecule has 9 nitrogen and oxygen atoms in total. The molecular weight excluding hydrogens is 386 g/mol. The van der Waals surface area contributed by atoms with Gasteiger partial charge in [0.05, 0.1) is 28.3 Å². The molecule has 2 heterocycles. The van der Waals surface area contributed by atoms with Crippen molar-refractivity contribution in [1.82, 2.24) is 24.4 Å². The fraction of sp³-hybridized carbons (Fsp3) is 0.190. The van der Waals surface area contributed by atoms with E-state index < -0.39 is 23.1 Å². The van der Waals surface area contributed by atoms with Crippen LogP contribution < -0.4 is 22.0 Å². The maximum absolute atomic E-state index is 12.7. The van der Waals surface area contributed by atoms with Crippen LogP contribution in [0.25, 0.3) is 21.9 Å². The normalized spacial score (nSPS) is 12.2. The zero-order chi connectivity index (χ0) is 21.3. The van der Waals surface area contributed by atoms with E-state index in [1.807, 2.05) is 0 Å². The van der Waals surface area contributed by atoms with Gasteiger partial charge in [-0.2, -0.15) is 0 Å². The molecule has 0 aliphatic rings. The van der Waals surface area contributed by atoms with Crippen molar-refractivity contribution in [3.05, 3.63) is 85.9 Å². The lowest BCUT2D eigenvalue weighted by molar-refractivity contribution is -0.123. The van der Waals surface area contributed by atoms with E-state index in [2.05, 4.69) is 15.3 Å². The summed E-state index contributed by atoms with van der Waals surface area (Å²) in [7, 11) is 0. The van der Waals surface area contributed by atoms with Gasteiger partial charge in [-0.25, -0.2) is 4.98 Å². The van der Waals surface area contributed by atoms with Crippen LogP contribution in [0.3, 0.4) is 0 Å². The van der Waals surface area contributed by atoms with Gasteiger partial charge in [0.2, 0.25) is 5.91 Å². The Morgan fingerprint density at radius 3 is 2.63 bits per heavy atom. The van der Waals surface area contributed by atoms with Gasteiger partial charge in [0.15, 0.2) is 0 Å². The SMILES string of the molecule is C[C@H](C(=O)NCCn1c(=O)c(=O)[nH]c2ccccc21)n1cnc2ccccc2c1=O. The van der Waals surface area contributed by atoms with Crippen LogP contribution in [0.2, 0.25) is 0 Å². The van der Waals surface area contributed by atoms with Gasteiger partial charge in [0, 0.05) is 13.1 Å². The number of rotatable bonds is 5. The molecule has 9 heteroatoms. The molecule has 0 radical (unpaired) electrons. The van der Waals surface area contributed by atoms with Gasteiger partial charge in [0.25, 0.3) is 5.56 Å². The number of aromatic nitrogens is 4. The quantitative estimate of drug-likeness (QED) is 0.476. The number of nitrogens with zero attached hydrogens (tertiary/aromatic N) is 3. The molecule has 0 aliphatic carbocycles. The highest BCUT2D eigenvalue weighted by Crippen LogP contribution is 2.09. The molecule has 0 fully saturated rings. The van der Waals surface area contributed by atoms with Crippen LogP contribution in [-0.4, -0.2) is 31.6 Å². The Balaban J connectivity index is 1.52. The first kappa shape index (κ1) is 19.3. The zero-order valence-electron chi connectivity index (χ0n) is 16.2. The number of amides is 1. The van der Waals surface area contributed by atoms with E-state index >= 15 is 0 Å². The molecule has 0 spiro atoms. The predicted octanol–water partition coefficient (Wildman–Crippen LogP) is 0.777. The smallest absolute Gasteiger partial charge is 0.316 e. The Hall–Kier alpha value is -4.01. The fourth-order valence-electron chi connectivity index (χ4n) is 3.37. The number of fused-ring (bicyclic) bond motifs is 2. The summed E-state index contributed by atoms with van der Waals surface area (Å²) in [6.45, 7) is 1.83. The molecule has 0 bridgehead atoms. The first-order valence-corrected chi connectivity index (χ1v) is 9.43. The second-order valence-corrected chi connectivity index (χ2v) is 6.87. The van der Waals surface area contributed by atoms with Gasteiger partial charge < -0.3 is 14.9 Å². The van der Waals surface area contributed by atoms with Crippen LogP contribution in [0.15, 0.2) is 69.2 Å². The Kier molecular flexibility index (Phi) is 5.01. The highest BCUT2D eigenvalue weighted by atomic mass is 16.2. The van der Waals surface area contributed by atoms with Gasteiger partial charge >= 0.3 is 11.1 Å². The van der Waals surface area contributed by atoms with Crippen LogP contribution in [0.4, 0.5) is 0 Å². The van der Waals surface area contributed by atoms with Crippen molar-refractivity contribution in [2.45, 2.75) is 19.5 Å². The lowest BCUT2D eigenvalue weighted by atomic mass is 10.2. The number of aromatic amines is 1. The maximum atomic E-state index is 12.7. The summed E-state index contributed by atoms with van der Waals surface area (Å²) in [6, 6.07) is 13.1. The standard InChI is InChI=1S/C21H19N5O4/c1-13(26-12-23-15-7-3-2-6-14(15)20(26)29)18(27)22-10-11-25-17-9-5-4-8-16(17)24-19(28)21(25)30/h2-9,12-13H,10-11H2,1H3,(H,22,27)(H,24,28)/t13-/m1/s1. The van der Waals surface area contributed by atoms with Gasteiger partial charge in [-0.3, -0.25) is 23.7 Å². The van der Waals surface area contributed by atoms with Crippen LogP contribution in [0.5, 0.6) is 0 Å². The average Bonchev–Trinajstić information content (AvgIpc) is 2.76. The molecule has 2 aromatic heterocycles. The summed E-state index contributed by atoms with van der Waals surface area (Å²) >= 11 is 0. The Bertz CT molecular complexity index is 1430. The summed E-state index contributed by atoms with van der Waals surface area (Å²) in [5.74, 6) is -0.392. The van der Waals surface area contributed by atoms with Gasteiger partial charge in [-0.1, -0.05) is 24.3 Å². The summed E-state index contributed by atoms with van der Waals surface area (Å²) in [5.41, 5.74) is -0.0463. The minimum absolute atomic E-state index is 0.117. The Morgan fingerprint density at radius 1 is 1.07 bits per heavy atom. The van der Waals surface area contributed by atoms with Crippen molar-refractivity contribution >= 4 is 27.8 Å². The maximum Gasteiger partial charge on any atom is 0.316 e. The average molecular weight is 405 g/mol. The third-order valence-electron chi connectivity index (χ3n) is 5.00. The second-order valence-electron chi connectivity index (χ2n) is 6.87. The molecule has 1 amide bonds. The number of benzene rings is 2. The van der Waals surface area contributed by atoms with Gasteiger partial charge in [0.1, 0.15) is 6.04 Å². The summed E-state index contributed by atoms with van der Waals surface area (Å²) < 4.78 is 2.59. The number of carbonyl (C=O) groups excluding carboxylic acids is 1. The molecule has 1 atom stereocenters. The second kappa shape index (κ2) is 7.78. The van der Waals surface area contributed by atoms with Crippen LogP contribution in [0, 0.1) is 0 Å². The van der Waals surface area contributed by atoms with E-state index in [9.17, 15) is 19.2 Å². The van der Waals surface area contributed by atoms with Crippen molar-refractivity contribution in [1.29, 1.82) is 0 Å². The first-order chi connectivity index (χ1) is 14.5. The Morgan fingerprint density at radius 2 is 1.80 bits per heavy atom.